The van der Waals surface area contributed by atoms with Crippen LogP contribution >= 0.6 is 27.5 Å². The van der Waals surface area contributed by atoms with Gasteiger partial charge < -0.3 is 5.32 Å². The molecule has 1 N–H and O–H groups in total. The highest BCUT2D eigenvalue weighted by Gasteiger charge is 2.31. The van der Waals surface area contributed by atoms with Gasteiger partial charge in [-0.3, -0.25) is 4.79 Å². The third-order valence-corrected chi connectivity index (χ3v) is 7.58. The van der Waals surface area contributed by atoms with Crippen LogP contribution in [-0.4, -0.2) is 31.7 Å². The van der Waals surface area contributed by atoms with Gasteiger partial charge in [0.05, 0.1) is 5.75 Å². The molecule has 1 aliphatic rings. The first kappa shape index (κ1) is 21.3. The van der Waals surface area contributed by atoms with Gasteiger partial charge >= 0.3 is 0 Å². The van der Waals surface area contributed by atoms with Crippen LogP contribution in [-0.2, 0) is 27.1 Å². The van der Waals surface area contributed by atoms with Crippen molar-refractivity contribution in [3.63, 3.8) is 0 Å². The van der Waals surface area contributed by atoms with E-state index < -0.39 is 10.0 Å². The number of carbonyl (C=O) groups excluding carboxylic acids is 1. The van der Waals surface area contributed by atoms with Crippen molar-refractivity contribution in [2.24, 2.45) is 5.92 Å². The van der Waals surface area contributed by atoms with Gasteiger partial charge in [0, 0.05) is 35.0 Å². The van der Waals surface area contributed by atoms with Crippen molar-refractivity contribution in [3.05, 3.63) is 69.2 Å². The number of rotatable bonds is 6. The van der Waals surface area contributed by atoms with Crippen molar-refractivity contribution in [1.29, 1.82) is 0 Å². The van der Waals surface area contributed by atoms with Crippen LogP contribution in [0.1, 0.15) is 24.0 Å². The Morgan fingerprint density at radius 3 is 2.54 bits per heavy atom. The van der Waals surface area contributed by atoms with Gasteiger partial charge in [-0.2, -0.15) is 0 Å². The molecule has 0 saturated carbocycles. The summed E-state index contributed by atoms with van der Waals surface area (Å²) in [6, 6.07) is 14.7. The highest BCUT2D eigenvalue weighted by Crippen LogP contribution is 2.23. The summed E-state index contributed by atoms with van der Waals surface area (Å²) >= 11 is 9.48. The second-order valence-corrected chi connectivity index (χ2v) is 10.2. The molecule has 150 valence electrons. The molecular weight excluding hydrogens is 464 g/mol. The maximum atomic E-state index is 12.7. The van der Waals surface area contributed by atoms with Crippen molar-refractivity contribution < 1.29 is 13.2 Å². The second kappa shape index (κ2) is 9.39. The third-order valence-electron chi connectivity index (χ3n) is 4.87. The fourth-order valence-corrected chi connectivity index (χ4v) is 5.49. The summed E-state index contributed by atoms with van der Waals surface area (Å²) in [7, 11) is -3.40. The first-order valence-electron chi connectivity index (χ1n) is 9.08. The SMILES string of the molecule is O=C(NCc1ccccc1Cl)C1CCN(S(=O)(=O)Cc2cccc(Br)c2)CC1. The van der Waals surface area contributed by atoms with Crippen molar-refractivity contribution >= 4 is 43.5 Å². The van der Waals surface area contributed by atoms with Crippen LogP contribution in [0, 0.1) is 5.92 Å². The molecule has 0 atom stereocenters. The average molecular weight is 486 g/mol. The maximum Gasteiger partial charge on any atom is 0.223 e. The molecule has 0 spiro atoms. The van der Waals surface area contributed by atoms with Gasteiger partial charge in [0.1, 0.15) is 0 Å². The van der Waals surface area contributed by atoms with Crippen LogP contribution in [0.3, 0.4) is 0 Å². The molecule has 1 fully saturated rings. The molecule has 0 radical (unpaired) electrons. The van der Waals surface area contributed by atoms with E-state index in [9.17, 15) is 13.2 Å². The van der Waals surface area contributed by atoms with E-state index in [-0.39, 0.29) is 17.6 Å². The number of benzene rings is 2. The van der Waals surface area contributed by atoms with Gasteiger partial charge in [-0.15, -0.1) is 0 Å². The number of halogens is 2. The lowest BCUT2D eigenvalue weighted by Gasteiger charge is -2.30. The molecule has 3 rings (SSSR count). The maximum absolute atomic E-state index is 12.7. The quantitative estimate of drug-likeness (QED) is 0.673. The van der Waals surface area contributed by atoms with Gasteiger partial charge in [-0.05, 0) is 42.2 Å². The van der Waals surface area contributed by atoms with Crippen molar-refractivity contribution in [3.8, 4) is 0 Å². The number of piperidine rings is 1. The number of hydrogen-bond acceptors (Lipinski definition) is 3. The molecule has 1 heterocycles. The molecule has 5 nitrogen and oxygen atoms in total. The first-order chi connectivity index (χ1) is 13.3. The lowest BCUT2D eigenvalue weighted by Crippen LogP contribution is -2.43. The van der Waals surface area contributed by atoms with E-state index >= 15 is 0 Å². The number of amides is 1. The zero-order chi connectivity index (χ0) is 20.1. The van der Waals surface area contributed by atoms with E-state index in [1.807, 2.05) is 36.4 Å². The number of nitrogens with zero attached hydrogens (tertiary/aromatic N) is 1. The summed E-state index contributed by atoms with van der Waals surface area (Å²) in [5.74, 6) is -0.265. The normalized spacial score (nSPS) is 16.1. The van der Waals surface area contributed by atoms with Gasteiger partial charge in [-0.25, -0.2) is 12.7 Å². The predicted octanol–water partition coefficient (Wildman–Crippen LogP) is 3.96. The number of carbonyl (C=O) groups is 1. The number of sulfonamides is 1. The Hall–Kier alpha value is -1.41. The zero-order valence-electron chi connectivity index (χ0n) is 15.3. The van der Waals surface area contributed by atoms with E-state index in [0.29, 0.717) is 37.5 Å². The van der Waals surface area contributed by atoms with Crippen LogP contribution in [0.4, 0.5) is 0 Å². The summed E-state index contributed by atoms with van der Waals surface area (Å²) in [5.41, 5.74) is 1.61. The van der Waals surface area contributed by atoms with Crippen LogP contribution in [0.2, 0.25) is 5.02 Å². The van der Waals surface area contributed by atoms with Gasteiger partial charge in [0.15, 0.2) is 0 Å². The molecule has 28 heavy (non-hydrogen) atoms. The fourth-order valence-electron chi connectivity index (χ4n) is 3.29. The summed E-state index contributed by atoms with van der Waals surface area (Å²) in [4.78, 5) is 12.4. The van der Waals surface area contributed by atoms with Crippen LogP contribution < -0.4 is 5.32 Å². The second-order valence-electron chi connectivity index (χ2n) is 6.87. The van der Waals surface area contributed by atoms with E-state index in [1.54, 1.807) is 12.1 Å². The molecule has 0 aromatic heterocycles. The molecule has 1 amide bonds. The van der Waals surface area contributed by atoms with Crippen LogP contribution in [0.15, 0.2) is 53.0 Å². The molecule has 0 bridgehead atoms. The molecule has 0 unspecified atom stereocenters. The first-order valence-corrected chi connectivity index (χ1v) is 11.9. The largest absolute Gasteiger partial charge is 0.352 e. The van der Waals surface area contributed by atoms with E-state index in [0.717, 1.165) is 15.6 Å². The lowest BCUT2D eigenvalue weighted by atomic mass is 9.97. The van der Waals surface area contributed by atoms with Gasteiger partial charge in [0.2, 0.25) is 15.9 Å². The molecule has 8 heteroatoms. The molecule has 2 aromatic rings. The van der Waals surface area contributed by atoms with Gasteiger partial charge in [-0.1, -0.05) is 57.9 Å². The highest BCUT2D eigenvalue weighted by molar-refractivity contribution is 9.10. The highest BCUT2D eigenvalue weighted by atomic mass is 79.9. The Labute approximate surface area is 179 Å². The predicted molar refractivity (Wildman–Crippen MR) is 114 cm³/mol. The van der Waals surface area contributed by atoms with Crippen molar-refractivity contribution in [2.75, 3.05) is 13.1 Å². The number of hydrogen-bond donors (Lipinski definition) is 1. The summed E-state index contributed by atoms with van der Waals surface area (Å²) in [6.45, 7) is 1.10. The van der Waals surface area contributed by atoms with Crippen LogP contribution in [0.25, 0.3) is 0 Å². The van der Waals surface area contributed by atoms with Crippen LogP contribution in [0.5, 0.6) is 0 Å². The smallest absolute Gasteiger partial charge is 0.223 e. The zero-order valence-corrected chi connectivity index (χ0v) is 18.4. The van der Waals surface area contributed by atoms with E-state index in [2.05, 4.69) is 21.2 Å². The Morgan fingerprint density at radius 1 is 1.14 bits per heavy atom. The minimum atomic E-state index is -3.40. The lowest BCUT2D eigenvalue weighted by molar-refractivity contribution is -0.126. The van der Waals surface area contributed by atoms with Gasteiger partial charge in [0.25, 0.3) is 0 Å². The van der Waals surface area contributed by atoms with E-state index in [1.165, 1.54) is 4.31 Å². The molecular formula is C20H22BrClN2O3S. The summed E-state index contributed by atoms with van der Waals surface area (Å²) in [6.07, 6.45) is 1.04. The van der Waals surface area contributed by atoms with Crippen molar-refractivity contribution in [2.45, 2.75) is 25.1 Å². The Morgan fingerprint density at radius 2 is 1.86 bits per heavy atom. The Balaban J connectivity index is 1.52. The molecule has 1 aliphatic heterocycles. The fraction of sp³-hybridized carbons (Fsp3) is 0.350. The Bertz CT molecular complexity index is 944. The standard InChI is InChI=1S/C20H22BrClN2O3S/c21-18-6-3-4-15(12-18)14-28(26,27)24-10-8-16(9-11-24)20(25)23-13-17-5-1-2-7-19(17)22/h1-7,12,16H,8-11,13-14H2,(H,23,25). The minimum Gasteiger partial charge on any atom is -0.352 e. The number of nitrogens with one attached hydrogen (secondary N) is 1. The Kier molecular flexibility index (Phi) is 7.15. The molecule has 1 saturated heterocycles. The van der Waals surface area contributed by atoms with Crippen molar-refractivity contribution in [1.82, 2.24) is 9.62 Å². The molecule has 2 aromatic carbocycles. The summed E-state index contributed by atoms with van der Waals surface area (Å²) in [5, 5.41) is 3.53. The monoisotopic (exact) mass is 484 g/mol. The average Bonchev–Trinajstić information content (AvgIpc) is 2.67. The van der Waals surface area contributed by atoms with E-state index in [4.69, 9.17) is 11.6 Å². The molecule has 0 aliphatic carbocycles. The third kappa shape index (κ3) is 5.56. The minimum absolute atomic E-state index is 0.0319. The topological polar surface area (TPSA) is 66.5 Å². The summed E-state index contributed by atoms with van der Waals surface area (Å²) < 4.78 is 27.7.